The number of hydrogen-bond donors (Lipinski definition) is 0. The number of rotatable bonds is 6. The Balaban J connectivity index is 2.04. The molecule has 0 aromatic heterocycles. The van der Waals surface area contributed by atoms with Gasteiger partial charge in [-0.3, -0.25) is 4.90 Å². The molecule has 0 aliphatic rings. The summed E-state index contributed by atoms with van der Waals surface area (Å²) in [6.07, 6.45) is 0.377. The summed E-state index contributed by atoms with van der Waals surface area (Å²) in [5.41, 5.74) is 3.08. The van der Waals surface area contributed by atoms with Gasteiger partial charge in [-0.25, -0.2) is 4.79 Å². The second-order valence-corrected chi connectivity index (χ2v) is 6.02. The van der Waals surface area contributed by atoms with Gasteiger partial charge in [0.05, 0.1) is 12.6 Å². The molecule has 1 unspecified atom stereocenters. The van der Waals surface area contributed by atoms with E-state index in [4.69, 9.17) is 4.74 Å². The molecule has 0 fully saturated rings. The summed E-state index contributed by atoms with van der Waals surface area (Å²) in [5, 5.41) is 0. The third kappa shape index (κ3) is 4.31. The van der Waals surface area contributed by atoms with Crippen molar-refractivity contribution in [2.75, 3.05) is 11.5 Å². The van der Waals surface area contributed by atoms with E-state index in [-0.39, 0.29) is 12.1 Å². The molecule has 0 aliphatic carbocycles. The molecule has 26 heavy (non-hydrogen) atoms. The van der Waals surface area contributed by atoms with Crippen LogP contribution in [0.4, 0.5) is 10.5 Å². The molecule has 0 saturated heterocycles. The van der Waals surface area contributed by atoms with E-state index >= 15 is 0 Å². The van der Waals surface area contributed by atoms with Crippen molar-refractivity contribution in [3.63, 3.8) is 0 Å². The van der Waals surface area contributed by atoms with E-state index in [9.17, 15) is 4.79 Å². The number of nitrogens with zero attached hydrogens (tertiary/aromatic N) is 1. The molecule has 0 N–H and O–H groups in total. The minimum atomic E-state index is -0.330. The lowest BCUT2D eigenvalue weighted by Crippen LogP contribution is -2.36. The van der Waals surface area contributed by atoms with Crippen LogP contribution in [0.25, 0.3) is 0 Å². The van der Waals surface area contributed by atoms with Gasteiger partial charge in [-0.1, -0.05) is 78.9 Å². The highest BCUT2D eigenvalue weighted by atomic mass is 16.6. The van der Waals surface area contributed by atoms with Crippen LogP contribution in [0.1, 0.15) is 24.1 Å². The molecule has 1 atom stereocenters. The van der Waals surface area contributed by atoms with Crippen molar-refractivity contribution in [2.45, 2.75) is 19.4 Å². The van der Waals surface area contributed by atoms with E-state index in [2.05, 4.69) is 24.3 Å². The predicted molar refractivity (Wildman–Crippen MR) is 105 cm³/mol. The molecule has 3 heteroatoms. The first kappa shape index (κ1) is 17.7. The Hall–Kier alpha value is -3.07. The summed E-state index contributed by atoms with van der Waals surface area (Å²) < 4.78 is 5.39. The molecular formula is C23H23NO2. The van der Waals surface area contributed by atoms with E-state index in [1.807, 2.05) is 73.7 Å². The Labute approximate surface area is 154 Å². The Bertz CT molecular complexity index is 803. The average Bonchev–Trinajstić information content (AvgIpc) is 2.70. The molecule has 0 radical (unpaired) electrons. The Kier molecular flexibility index (Phi) is 6.05. The molecule has 3 rings (SSSR count). The van der Waals surface area contributed by atoms with E-state index in [0.717, 1.165) is 11.3 Å². The van der Waals surface area contributed by atoms with Crippen LogP contribution in [-0.2, 0) is 11.2 Å². The molecule has 132 valence electrons. The smallest absolute Gasteiger partial charge is 0.414 e. The first-order valence-corrected chi connectivity index (χ1v) is 8.89. The van der Waals surface area contributed by atoms with Crippen molar-refractivity contribution in [1.29, 1.82) is 0 Å². The van der Waals surface area contributed by atoms with E-state index in [1.165, 1.54) is 5.56 Å². The van der Waals surface area contributed by atoms with Crippen molar-refractivity contribution in [3.05, 3.63) is 102 Å². The number of ether oxygens (including phenoxy) is 1. The predicted octanol–water partition coefficient (Wildman–Crippen LogP) is 5.63. The van der Waals surface area contributed by atoms with Gasteiger partial charge in [0.2, 0.25) is 0 Å². The number of amides is 1. The highest BCUT2D eigenvalue weighted by Gasteiger charge is 2.28. The van der Waals surface area contributed by atoms with E-state index in [0.29, 0.717) is 13.0 Å². The molecule has 0 spiro atoms. The summed E-state index contributed by atoms with van der Waals surface area (Å²) in [6.45, 7) is 2.17. The lowest BCUT2D eigenvalue weighted by molar-refractivity contribution is 0.157. The fourth-order valence-electron chi connectivity index (χ4n) is 3.06. The maximum Gasteiger partial charge on any atom is 0.414 e. The first-order valence-electron chi connectivity index (χ1n) is 8.89. The summed E-state index contributed by atoms with van der Waals surface area (Å²) in [4.78, 5) is 14.6. The maximum absolute atomic E-state index is 12.9. The van der Waals surface area contributed by atoms with Gasteiger partial charge in [0.1, 0.15) is 0 Å². The molecule has 0 bridgehead atoms. The number of carbonyl (C=O) groups is 1. The molecule has 3 aromatic rings. The SMILES string of the molecule is CCOC(=O)N(c1ccccc1)C(Cc1ccccc1)c1ccccc1. The van der Waals surface area contributed by atoms with Gasteiger partial charge in [-0.15, -0.1) is 0 Å². The molecule has 0 aliphatic heterocycles. The monoisotopic (exact) mass is 345 g/mol. The van der Waals surface area contributed by atoms with Crippen LogP contribution in [0.5, 0.6) is 0 Å². The lowest BCUT2D eigenvalue weighted by Gasteiger charge is -2.31. The van der Waals surface area contributed by atoms with Crippen molar-refractivity contribution in [3.8, 4) is 0 Å². The van der Waals surface area contributed by atoms with Gasteiger partial charge in [0.15, 0.2) is 0 Å². The number of anilines is 1. The molecule has 1 amide bonds. The highest BCUT2D eigenvalue weighted by molar-refractivity contribution is 5.88. The van der Waals surface area contributed by atoms with Crippen LogP contribution in [-0.4, -0.2) is 12.7 Å². The van der Waals surface area contributed by atoms with Crippen LogP contribution >= 0.6 is 0 Å². The normalized spacial score (nSPS) is 11.6. The van der Waals surface area contributed by atoms with Crippen molar-refractivity contribution < 1.29 is 9.53 Å². The summed E-state index contributed by atoms with van der Waals surface area (Å²) in [6, 6.07) is 29.9. The molecule has 0 heterocycles. The van der Waals surface area contributed by atoms with Gasteiger partial charge in [-0.05, 0) is 36.6 Å². The first-order chi connectivity index (χ1) is 12.8. The highest BCUT2D eigenvalue weighted by Crippen LogP contribution is 2.31. The zero-order valence-corrected chi connectivity index (χ0v) is 14.9. The topological polar surface area (TPSA) is 29.5 Å². The van der Waals surface area contributed by atoms with E-state index < -0.39 is 0 Å². The summed E-state index contributed by atoms with van der Waals surface area (Å²) in [5.74, 6) is 0. The average molecular weight is 345 g/mol. The maximum atomic E-state index is 12.9. The fraction of sp³-hybridized carbons (Fsp3) is 0.174. The summed E-state index contributed by atoms with van der Waals surface area (Å²) in [7, 11) is 0. The molecule has 0 saturated carbocycles. The van der Waals surface area contributed by atoms with Gasteiger partial charge >= 0.3 is 6.09 Å². The standard InChI is InChI=1S/C23H23NO2/c1-2-26-23(25)24(21-16-10-5-11-17-21)22(20-14-8-4-9-15-20)18-19-12-6-3-7-13-19/h3-17,22H,2,18H2,1H3. The Morgan fingerprint density at radius 3 is 1.96 bits per heavy atom. The molecule has 3 nitrogen and oxygen atoms in total. The minimum Gasteiger partial charge on any atom is -0.449 e. The largest absolute Gasteiger partial charge is 0.449 e. The third-order valence-corrected chi connectivity index (χ3v) is 4.27. The Morgan fingerprint density at radius 1 is 0.846 bits per heavy atom. The van der Waals surface area contributed by atoms with Crippen LogP contribution in [0, 0.1) is 0 Å². The number of hydrogen-bond acceptors (Lipinski definition) is 2. The minimum absolute atomic E-state index is 0.153. The summed E-state index contributed by atoms with van der Waals surface area (Å²) >= 11 is 0. The van der Waals surface area contributed by atoms with Crippen molar-refractivity contribution >= 4 is 11.8 Å². The van der Waals surface area contributed by atoms with E-state index in [1.54, 1.807) is 4.90 Å². The van der Waals surface area contributed by atoms with Gasteiger partial charge < -0.3 is 4.74 Å². The van der Waals surface area contributed by atoms with Crippen LogP contribution in [0.3, 0.4) is 0 Å². The van der Waals surface area contributed by atoms with Gasteiger partial charge in [0, 0.05) is 5.69 Å². The van der Waals surface area contributed by atoms with Gasteiger partial charge in [0.25, 0.3) is 0 Å². The quantitative estimate of drug-likeness (QED) is 0.579. The molecular weight excluding hydrogens is 322 g/mol. The zero-order chi connectivity index (χ0) is 18.2. The third-order valence-electron chi connectivity index (χ3n) is 4.27. The van der Waals surface area contributed by atoms with Crippen LogP contribution in [0.15, 0.2) is 91.0 Å². The van der Waals surface area contributed by atoms with Crippen LogP contribution < -0.4 is 4.90 Å². The van der Waals surface area contributed by atoms with Gasteiger partial charge in [-0.2, -0.15) is 0 Å². The molecule has 3 aromatic carbocycles. The lowest BCUT2D eigenvalue weighted by atomic mass is 9.97. The van der Waals surface area contributed by atoms with Crippen LogP contribution in [0.2, 0.25) is 0 Å². The second kappa shape index (κ2) is 8.86. The van der Waals surface area contributed by atoms with Crippen molar-refractivity contribution in [1.82, 2.24) is 0 Å². The Morgan fingerprint density at radius 2 is 1.38 bits per heavy atom. The second-order valence-electron chi connectivity index (χ2n) is 6.02. The fourth-order valence-corrected chi connectivity index (χ4v) is 3.06. The zero-order valence-electron chi connectivity index (χ0n) is 14.9. The number of benzene rings is 3. The number of carbonyl (C=O) groups excluding carboxylic acids is 1. The number of para-hydroxylation sites is 1. The van der Waals surface area contributed by atoms with Crippen molar-refractivity contribution in [2.24, 2.45) is 0 Å².